The Bertz CT molecular complexity index is 813. The number of aryl methyl sites for hydroxylation is 1. The lowest BCUT2D eigenvalue weighted by atomic mass is 10.2. The molecule has 0 radical (unpaired) electrons. The van der Waals surface area contributed by atoms with Crippen molar-refractivity contribution in [2.45, 2.75) is 6.92 Å². The molecule has 0 aliphatic carbocycles. The number of nitrogens with one attached hydrogen (secondary N) is 1. The fraction of sp³-hybridized carbons (Fsp3) is 0.0909. The number of nitro benzene ring substituents is 3. The molecule has 24 heavy (non-hydrogen) atoms. The smallest absolute Gasteiger partial charge is 0.306 e. The van der Waals surface area contributed by atoms with E-state index in [1.54, 1.807) is 6.92 Å². The Kier molecular flexibility index (Phi) is 4.17. The van der Waals surface area contributed by atoms with E-state index in [4.69, 9.17) is 5.73 Å². The van der Waals surface area contributed by atoms with Gasteiger partial charge in [0.1, 0.15) is 5.82 Å². The van der Waals surface area contributed by atoms with E-state index in [0.717, 1.165) is 0 Å². The molecule has 0 spiro atoms. The number of nitrogens with zero attached hydrogens (tertiary/aromatic N) is 5. The third-order valence-corrected chi connectivity index (χ3v) is 2.80. The monoisotopic (exact) mass is 335 g/mol. The van der Waals surface area contributed by atoms with E-state index in [1.165, 1.54) is 6.07 Å². The molecule has 0 amide bonds. The number of anilines is 3. The number of hydrogen-bond acceptors (Lipinski definition) is 10. The summed E-state index contributed by atoms with van der Waals surface area (Å²) in [5, 5.41) is 35.5. The minimum atomic E-state index is -0.985. The van der Waals surface area contributed by atoms with Crippen LogP contribution in [0.2, 0.25) is 0 Å². The fourth-order valence-electron chi connectivity index (χ4n) is 1.88. The Morgan fingerprint density at radius 3 is 1.92 bits per heavy atom. The van der Waals surface area contributed by atoms with Gasteiger partial charge in [0, 0.05) is 11.8 Å². The number of aromatic nitrogens is 2. The van der Waals surface area contributed by atoms with Crippen molar-refractivity contribution >= 4 is 34.5 Å². The summed E-state index contributed by atoms with van der Waals surface area (Å²) in [6.07, 6.45) is 0. The molecule has 0 saturated heterocycles. The predicted molar refractivity (Wildman–Crippen MR) is 80.9 cm³/mol. The molecule has 2 aromatic rings. The molecular weight excluding hydrogens is 326 g/mol. The summed E-state index contributed by atoms with van der Waals surface area (Å²) >= 11 is 0. The van der Waals surface area contributed by atoms with Crippen LogP contribution >= 0.6 is 0 Å². The summed E-state index contributed by atoms with van der Waals surface area (Å²) in [5.41, 5.74) is 2.84. The van der Waals surface area contributed by atoms with Gasteiger partial charge in [-0.25, -0.2) is 4.98 Å². The highest BCUT2D eigenvalue weighted by molar-refractivity contribution is 5.80. The van der Waals surface area contributed by atoms with Crippen molar-refractivity contribution < 1.29 is 14.8 Å². The maximum Gasteiger partial charge on any atom is 0.306 e. The molecular formula is C11H9N7O6. The SMILES string of the molecule is Cc1cc(N)nc(Nc2c([N+](=O)[O-])cc([N+](=O)[O-])cc2[N+](=O)[O-])n1. The molecule has 0 aliphatic heterocycles. The molecule has 0 aliphatic rings. The Morgan fingerprint density at radius 2 is 1.50 bits per heavy atom. The van der Waals surface area contributed by atoms with Gasteiger partial charge in [-0.3, -0.25) is 30.3 Å². The second kappa shape index (κ2) is 6.07. The summed E-state index contributed by atoms with van der Waals surface area (Å²) in [6.45, 7) is 1.57. The number of hydrogen-bond donors (Lipinski definition) is 2. The Balaban J connectivity index is 2.68. The van der Waals surface area contributed by atoms with Crippen molar-refractivity contribution in [1.82, 2.24) is 9.97 Å². The van der Waals surface area contributed by atoms with Crippen LogP contribution in [0.4, 0.5) is 34.5 Å². The summed E-state index contributed by atoms with van der Waals surface area (Å²) in [6, 6.07) is 2.63. The van der Waals surface area contributed by atoms with E-state index < -0.39 is 37.5 Å². The zero-order valence-corrected chi connectivity index (χ0v) is 12.0. The van der Waals surface area contributed by atoms with Crippen molar-refractivity contribution in [3.05, 3.63) is 54.2 Å². The highest BCUT2D eigenvalue weighted by atomic mass is 16.6. The van der Waals surface area contributed by atoms with Gasteiger partial charge in [-0.2, -0.15) is 4.98 Å². The third kappa shape index (κ3) is 3.29. The van der Waals surface area contributed by atoms with E-state index in [9.17, 15) is 30.3 Å². The summed E-state index contributed by atoms with van der Waals surface area (Å²) < 4.78 is 0. The molecule has 0 atom stereocenters. The first-order chi connectivity index (χ1) is 11.2. The minimum absolute atomic E-state index is 0.0391. The highest BCUT2D eigenvalue weighted by Gasteiger charge is 2.31. The molecule has 124 valence electrons. The number of nitrogens with two attached hydrogens (primary N) is 1. The number of non-ortho nitro benzene ring substituents is 1. The molecule has 1 aromatic carbocycles. The van der Waals surface area contributed by atoms with Gasteiger partial charge in [0.2, 0.25) is 5.95 Å². The second-order valence-electron chi connectivity index (χ2n) is 4.51. The standard InChI is InChI=1S/C11H9N7O6/c1-5-2-9(12)14-11(13-5)15-10-7(17(21)22)3-6(16(19)20)4-8(10)18(23)24/h2-4H,1H3,(H3,12,13,14,15). The number of rotatable bonds is 5. The average molecular weight is 335 g/mol. The molecule has 1 aromatic heterocycles. The van der Waals surface area contributed by atoms with Crippen LogP contribution in [0.1, 0.15) is 5.69 Å². The molecule has 0 fully saturated rings. The Morgan fingerprint density at radius 1 is 0.958 bits per heavy atom. The van der Waals surface area contributed by atoms with Crippen molar-refractivity contribution in [2.75, 3.05) is 11.1 Å². The van der Waals surface area contributed by atoms with E-state index in [0.29, 0.717) is 17.8 Å². The quantitative estimate of drug-likeness (QED) is 0.601. The Hall–Kier alpha value is -3.90. The molecule has 13 nitrogen and oxygen atoms in total. The Labute approximate surface area is 132 Å². The van der Waals surface area contributed by atoms with Crippen LogP contribution in [0.3, 0.4) is 0 Å². The van der Waals surface area contributed by atoms with Gasteiger partial charge in [-0.1, -0.05) is 0 Å². The van der Waals surface area contributed by atoms with E-state index in [1.807, 2.05) is 0 Å². The lowest BCUT2D eigenvalue weighted by Gasteiger charge is -2.07. The first kappa shape index (κ1) is 16.5. The molecule has 0 unspecified atom stereocenters. The maximum atomic E-state index is 11.2. The summed E-state index contributed by atoms with van der Waals surface area (Å²) in [4.78, 5) is 37.8. The van der Waals surface area contributed by atoms with Crippen LogP contribution in [0.5, 0.6) is 0 Å². The van der Waals surface area contributed by atoms with Crippen LogP contribution in [0, 0.1) is 37.3 Å². The molecule has 2 rings (SSSR count). The summed E-state index contributed by atoms with van der Waals surface area (Å²) in [7, 11) is 0. The zero-order valence-electron chi connectivity index (χ0n) is 12.0. The number of nitro groups is 3. The lowest BCUT2D eigenvalue weighted by Crippen LogP contribution is -2.07. The third-order valence-electron chi connectivity index (χ3n) is 2.80. The highest BCUT2D eigenvalue weighted by Crippen LogP contribution is 2.39. The first-order valence-corrected chi connectivity index (χ1v) is 6.18. The molecule has 13 heteroatoms. The van der Waals surface area contributed by atoms with Gasteiger partial charge in [0.05, 0.1) is 26.9 Å². The van der Waals surface area contributed by atoms with Gasteiger partial charge in [-0.15, -0.1) is 0 Å². The van der Waals surface area contributed by atoms with Crippen LogP contribution in [-0.2, 0) is 0 Å². The minimum Gasteiger partial charge on any atom is -0.384 e. The number of benzene rings is 1. The normalized spacial score (nSPS) is 10.2. The molecule has 3 N–H and O–H groups in total. The average Bonchev–Trinajstić information content (AvgIpc) is 2.45. The van der Waals surface area contributed by atoms with Gasteiger partial charge < -0.3 is 11.1 Å². The van der Waals surface area contributed by atoms with Crippen LogP contribution < -0.4 is 11.1 Å². The lowest BCUT2D eigenvalue weighted by molar-refractivity contribution is -0.401. The first-order valence-electron chi connectivity index (χ1n) is 6.18. The van der Waals surface area contributed by atoms with Crippen molar-refractivity contribution in [2.24, 2.45) is 0 Å². The molecule has 0 saturated carbocycles. The van der Waals surface area contributed by atoms with Gasteiger partial charge in [0.25, 0.3) is 5.69 Å². The van der Waals surface area contributed by atoms with E-state index >= 15 is 0 Å². The topological polar surface area (TPSA) is 193 Å². The van der Waals surface area contributed by atoms with Crippen LogP contribution in [0.15, 0.2) is 18.2 Å². The zero-order chi connectivity index (χ0) is 18.0. The molecule has 0 bridgehead atoms. The number of nitrogen functional groups attached to an aromatic ring is 1. The van der Waals surface area contributed by atoms with Gasteiger partial charge in [-0.05, 0) is 6.92 Å². The predicted octanol–water partition coefficient (Wildman–Crippen LogP) is 1.84. The second-order valence-corrected chi connectivity index (χ2v) is 4.51. The van der Waals surface area contributed by atoms with Crippen LogP contribution in [-0.4, -0.2) is 24.7 Å². The fourth-order valence-corrected chi connectivity index (χ4v) is 1.88. The van der Waals surface area contributed by atoms with Crippen molar-refractivity contribution in [3.63, 3.8) is 0 Å². The largest absolute Gasteiger partial charge is 0.384 e. The van der Waals surface area contributed by atoms with Crippen LogP contribution in [0.25, 0.3) is 0 Å². The van der Waals surface area contributed by atoms with Crippen molar-refractivity contribution in [1.29, 1.82) is 0 Å². The van der Waals surface area contributed by atoms with E-state index in [-0.39, 0.29) is 11.8 Å². The van der Waals surface area contributed by atoms with Crippen molar-refractivity contribution in [3.8, 4) is 0 Å². The van der Waals surface area contributed by atoms with Gasteiger partial charge >= 0.3 is 11.4 Å². The van der Waals surface area contributed by atoms with E-state index in [2.05, 4.69) is 15.3 Å². The van der Waals surface area contributed by atoms with Gasteiger partial charge in [0.15, 0.2) is 5.69 Å². The summed E-state index contributed by atoms with van der Waals surface area (Å²) in [5.74, 6) is -0.176. The molecule has 1 heterocycles. The maximum absolute atomic E-state index is 11.2.